The quantitative estimate of drug-likeness (QED) is 0.381. The SMILES string of the molecule is COc1ccc([C@H](CC(=O)O)CC(=O)c2ccc(N(CCCl)CCCl)cc2)cc1. The van der Waals surface area contributed by atoms with Crippen molar-refractivity contribution in [1.29, 1.82) is 0 Å². The molecule has 5 nitrogen and oxygen atoms in total. The van der Waals surface area contributed by atoms with Gasteiger partial charge >= 0.3 is 5.97 Å². The van der Waals surface area contributed by atoms with Gasteiger partial charge in [-0.2, -0.15) is 0 Å². The van der Waals surface area contributed by atoms with Crippen LogP contribution in [0.25, 0.3) is 0 Å². The van der Waals surface area contributed by atoms with Crippen LogP contribution in [0.15, 0.2) is 48.5 Å². The zero-order valence-corrected chi connectivity index (χ0v) is 17.8. The second-order valence-corrected chi connectivity index (χ2v) is 7.36. The number of Topliss-reactive ketones (excluding diaryl/α,β-unsaturated/α-hetero) is 1. The highest BCUT2D eigenvalue weighted by molar-refractivity contribution is 6.18. The standard InChI is InChI=1S/C22H25Cl2NO4/c1-29-20-8-4-16(5-9-20)18(15-22(27)28)14-21(26)17-2-6-19(7-3-17)25(12-10-23)13-11-24/h2-9,18H,10-15H2,1H3,(H,27,28)/t18-/m0/s1. The molecule has 0 radical (unpaired) electrons. The molecule has 7 heteroatoms. The lowest BCUT2D eigenvalue weighted by molar-refractivity contribution is -0.137. The number of rotatable bonds is 12. The van der Waals surface area contributed by atoms with E-state index >= 15 is 0 Å². The minimum Gasteiger partial charge on any atom is -0.497 e. The molecule has 2 rings (SSSR count). The van der Waals surface area contributed by atoms with Gasteiger partial charge in [0.15, 0.2) is 5.78 Å². The highest BCUT2D eigenvalue weighted by Crippen LogP contribution is 2.28. The Morgan fingerprint density at radius 3 is 2.03 bits per heavy atom. The molecule has 1 N–H and O–H groups in total. The molecule has 2 aromatic carbocycles. The predicted molar refractivity (Wildman–Crippen MR) is 117 cm³/mol. The number of halogens is 2. The summed E-state index contributed by atoms with van der Waals surface area (Å²) in [4.78, 5) is 26.2. The van der Waals surface area contributed by atoms with Crippen LogP contribution in [0.5, 0.6) is 5.75 Å². The number of hydrogen-bond donors (Lipinski definition) is 1. The lowest BCUT2D eigenvalue weighted by Gasteiger charge is -2.23. The molecule has 2 aromatic rings. The first-order valence-electron chi connectivity index (χ1n) is 9.34. The number of benzene rings is 2. The van der Waals surface area contributed by atoms with Gasteiger partial charge in [-0.3, -0.25) is 9.59 Å². The summed E-state index contributed by atoms with van der Waals surface area (Å²) >= 11 is 11.7. The molecular weight excluding hydrogens is 413 g/mol. The molecule has 0 aromatic heterocycles. The minimum atomic E-state index is -0.938. The molecule has 0 spiro atoms. The van der Waals surface area contributed by atoms with Gasteiger partial charge in [-0.25, -0.2) is 0 Å². The molecule has 29 heavy (non-hydrogen) atoms. The van der Waals surface area contributed by atoms with Gasteiger partial charge in [-0.1, -0.05) is 12.1 Å². The van der Waals surface area contributed by atoms with Crippen LogP contribution in [0.2, 0.25) is 0 Å². The first-order chi connectivity index (χ1) is 14.0. The summed E-state index contributed by atoms with van der Waals surface area (Å²) in [6, 6.07) is 14.4. The van der Waals surface area contributed by atoms with Crippen molar-refractivity contribution >= 4 is 40.6 Å². The number of ketones is 1. The van der Waals surface area contributed by atoms with E-state index in [-0.39, 0.29) is 18.6 Å². The van der Waals surface area contributed by atoms with Crippen LogP contribution >= 0.6 is 23.2 Å². The molecule has 0 amide bonds. The Balaban J connectivity index is 2.14. The van der Waals surface area contributed by atoms with Crippen LogP contribution < -0.4 is 9.64 Å². The molecule has 156 valence electrons. The summed E-state index contributed by atoms with van der Waals surface area (Å²) in [6.07, 6.45) is 0.000421. The van der Waals surface area contributed by atoms with E-state index in [1.165, 1.54) is 0 Å². The molecule has 0 fully saturated rings. The first kappa shape index (κ1) is 23.0. The van der Waals surface area contributed by atoms with Crippen molar-refractivity contribution in [3.05, 3.63) is 59.7 Å². The molecular formula is C22H25Cl2NO4. The fourth-order valence-electron chi connectivity index (χ4n) is 3.17. The topological polar surface area (TPSA) is 66.8 Å². The van der Waals surface area contributed by atoms with Crippen LogP contribution in [-0.4, -0.2) is 48.8 Å². The van der Waals surface area contributed by atoms with Crippen LogP contribution in [-0.2, 0) is 4.79 Å². The maximum atomic E-state index is 12.8. The number of carboxylic acid groups (broad SMARTS) is 1. The van der Waals surface area contributed by atoms with Crippen LogP contribution in [0.4, 0.5) is 5.69 Å². The van der Waals surface area contributed by atoms with Gasteiger partial charge in [-0.05, 0) is 42.0 Å². The average Bonchev–Trinajstić information content (AvgIpc) is 2.73. The second-order valence-electron chi connectivity index (χ2n) is 6.61. The van der Waals surface area contributed by atoms with Crippen LogP contribution in [0.3, 0.4) is 0 Å². The Labute approximate surface area is 181 Å². The Bertz CT molecular complexity index is 787. The summed E-state index contributed by atoms with van der Waals surface area (Å²) in [5, 5.41) is 9.26. The number of ether oxygens (including phenoxy) is 1. The van der Waals surface area contributed by atoms with E-state index in [0.717, 1.165) is 11.3 Å². The summed E-state index contributed by atoms with van der Waals surface area (Å²) in [5.74, 6) is 0.205. The fourth-order valence-corrected chi connectivity index (χ4v) is 3.58. The zero-order valence-electron chi connectivity index (χ0n) is 16.3. The van der Waals surface area contributed by atoms with E-state index in [2.05, 4.69) is 4.90 Å². The predicted octanol–water partition coefficient (Wildman–Crippen LogP) is 4.81. The number of nitrogens with zero attached hydrogens (tertiary/aromatic N) is 1. The molecule has 0 aliphatic rings. The number of hydrogen-bond acceptors (Lipinski definition) is 4. The van der Waals surface area contributed by atoms with E-state index < -0.39 is 11.9 Å². The lowest BCUT2D eigenvalue weighted by atomic mass is 9.89. The summed E-state index contributed by atoms with van der Waals surface area (Å²) in [7, 11) is 1.57. The fraction of sp³-hybridized carbons (Fsp3) is 0.364. The number of carboxylic acids is 1. The van der Waals surface area contributed by atoms with Gasteiger partial charge in [0.1, 0.15) is 5.75 Å². The molecule has 0 bridgehead atoms. The van der Waals surface area contributed by atoms with Gasteiger partial charge in [0.25, 0.3) is 0 Å². The van der Waals surface area contributed by atoms with E-state index in [1.807, 2.05) is 12.1 Å². The molecule has 0 saturated heterocycles. The molecule has 0 unspecified atom stereocenters. The molecule has 0 aliphatic carbocycles. The largest absolute Gasteiger partial charge is 0.497 e. The Morgan fingerprint density at radius 2 is 1.55 bits per heavy atom. The Hall–Kier alpha value is -2.24. The summed E-state index contributed by atoms with van der Waals surface area (Å²) < 4.78 is 5.14. The third kappa shape index (κ3) is 6.94. The maximum Gasteiger partial charge on any atom is 0.303 e. The Morgan fingerprint density at radius 1 is 0.966 bits per heavy atom. The minimum absolute atomic E-state index is 0.0974. The lowest BCUT2D eigenvalue weighted by Crippen LogP contribution is -2.27. The van der Waals surface area contributed by atoms with Gasteiger partial charge < -0.3 is 14.7 Å². The number of aliphatic carboxylic acids is 1. The maximum absolute atomic E-state index is 12.8. The van der Waals surface area contributed by atoms with Crippen molar-refractivity contribution in [2.75, 3.05) is 36.9 Å². The zero-order chi connectivity index (χ0) is 21.2. The second kappa shape index (κ2) is 11.7. The van der Waals surface area contributed by atoms with Gasteiger partial charge in [0.2, 0.25) is 0 Å². The van der Waals surface area contributed by atoms with Gasteiger partial charge in [-0.15, -0.1) is 23.2 Å². The van der Waals surface area contributed by atoms with Crippen LogP contribution in [0.1, 0.15) is 34.7 Å². The van der Waals surface area contributed by atoms with Gasteiger partial charge in [0.05, 0.1) is 13.5 Å². The summed E-state index contributed by atoms with van der Waals surface area (Å²) in [5.41, 5.74) is 2.29. The van der Waals surface area contributed by atoms with E-state index in [0.29, 0.717) is 36.2 Å². The molecule has 1 atom stereocenters. The van der Waals surface area contributed by atoms with Gasteiger partial charge in [0, 0.05) is 48.4 Å². The third-order valence-corrected chi connectivity index (χ3v) is 5.04. The van der Waals surface area contributed by atoms with E-state index in [9.17, 15) is 14.7 Å². The highest BCUT2D eigenvalue weighted by Gasteiger charge is 2.20. The number of carbonyl (C=O) groups excluding carboxylic acids is 1. The summed E-state index contributed by atoms with van der Waals surface area (Å²) in [6.45, 7) is 1.33. The van der Waals surface area contributed by atoms with Crippen molar-refractivity contribution in [3.8, 4) is 5.75 Å². The molecule has 0 heterocycles. The smallest absolute Gasteiger partial charge is 0.303 e. The molecule has 0 aliphatic heterocycles. The normalized spacial score (nSPS) is 11.7. The monoisotopic (exact) mass is 437 g/mol. The number of alkyl halides is 2. The van der Waals surface area contributed by atoms with Crippen molar-refractivity contribution in [2.45, 2.75) is 18.8 Å². The number of methoxy groups -OCH3 is 1. The number of anilines is 1. The Kier molecular flexibility index (Phi) is 9.29. The highest BCUT2D eigenvalue weighted by atomic mass is 35.5. The molecule has 0 saturated carbocycles. The third-order valence-electron chi connectivity index (χ3n) is 4.70. The van der Waals surface area contributed by atoms with Crippen LogP contribution in [0, 0.1) is 0 Å². The van der Waals surface area contributed by atoms with Crippen molar-refractivity contribution in [2.24, 2.45) is 0 Å². The first-order valence-corrected chi connectivity index (χ1v) is 10.4. The number of carbonyl (C=O) groups is 2. The average molecular weight is 438 g/mol. The van der Waals surface area contributed by atoms with E-state index in [1.54, 1.807) is 43.5 Å². The van der Waals surface area contributed by atoms with Crippen molar-refractivity contribution in [3.63, 3.8) is 0 Å². The van der Waals surface area contributed by atoms with E-state index in [4.69, 9.17) is 27.9 Å². The van der Waals surface area contributed by atoms with Crippen molar-refractivity contribution < 1.29 is 19.4 Å². The van der Waals surface area contributed by atoms with Crippen molar-refractivity contribution in [1.82, 2.24) is 0 Å².